The molecule has 3 heteroatoms. The zero-order valence-corrected chi connectivity index (χ0v) is 12.3. The average Bonchev–Trinajstić information content (AvgIpc) is 2.36. The van der Waals surface area contributed by atoms with Crippen molar-refractivity contribution in [3.63, 3.8) is 0 Å². The van der Waals surface area contributed by atoms with Crippen LogP contribution in [0, 0.1) is 0 Å². The molecule has 100 valence electrons. The second kappa shape index (κ2) is 8.76. The molecule has 0 saturated heterocycles. The summed E-state index contributed by atoms with van der Waals surface area (Å²) in [7, 11) is 0. The number of primary amides is 1. The van der Waals surface area contributed by atoms with E-state index in [1.165, 1.54) is 0 Å². The van der Waals surface area contributed by atoms with Crippen LogP contribution in [-0.2, 0) is 4.79 Å². The van der Waals surface area contributed by atoms with Crippen molar-refractivity contribution in [1.82, 2.24) is 0 Å². The Morgan fingerprint density at radius 3 is 2.28 bits per heavy atom. The van der Waals surface area contributed by atoms with E-state index >= 15 is 0 Å². The second-order valence-electron chi connectivity index (χ2n) is 3.94. The highest BCUT2D eigenvalue weighted by molar-refractivity contribution is 6.33. The van der Waals surface area contributed by atoms with Gasteiger partial charge in [0.2, 0.25) is 5.91 Å². The van der Waals surface area contributed by atoms with Gasteiger partial charge in [-0.25, -0.2) is 0 Å². The van der Waals surface area contributed by atoms with Crippen LogP contribution in [0.3, 0.4) is 0 Å². The van der Waals surface area contributed by atoms with Gasteiger partial charge in [0.1, 0.15) is 0 Å². The summed E-state index contributed by atoms with van der Waals surface area (Å²) >= 11 is 6.34. The summed E-state index contributed by atoms with van der Waals surface area (Å²) in [4.78, 5) is 11.5. The fourth-order valence-corrected chi connectivity index (χ4v) is 1.70. The third kappa shape index (κ3) is 4.92. The average molecular weight is 268 g/mol. The third-order valence-electron chi connectivity index (χ3n) is 2.56. The van der Waals surface area contributed by atoms with E-state index in [4.69, 9.17) is 17.3 Å². The maximum Gasteiger partial charge on any atom is 0.249 e. The number of nitrogens with two attached hydrogens (primary N) is 1. The van der Waals surface area contributed by atoms with Gasteiger partial charge in [-0.2, -0.15) is 0 Å². The Bertz CT molecular complexity index is 414. The Hall–Kier alpha value is -1.28. The zero-order valence-electron chi connectivity index (χ0n) is 11.6. The number of allylic oxidation sites excluding steroid dienone is 6. The number of carbonyl (C=O) groups excluding carboxylic acids is 1. The summed E-state index contributed by atoms with van der Waals surface area (Å²) in [5, 5.41) is 0.606. The summed E-state index contributed by atoms with van der Waals surface area (Å²) in [5.74, 6) is -0.449. The number of carbonyl (C=O) groups is 1. The Labute approximate surface area is 115 Å². The lowest BCUT2D eigenvalue weighted by atomic mass is 10.00. The number of hydrogen-bond donors (Lipinski definition) is 1. The van der Waals surface area contributed by atoms with Crippen LogP contribution in [0.4, 0.5) is 0 Å². The van der Waals surface area contributed by atoms with E-state index in [2.05, 4.69) is 0 Å². The SMILES string of the molecule is C\C=C/C=C(C(\Cl)=C(/C)CC)/C(=C\CC)C(N)=O. The van der Waals surface area contributed by atoms with E-state index in [0.717, 1.165) is 18.4 Å². The van der Waals surface area contributed by atoms with Gasteiger partial charge in [0.15, 0.2) is 0 Å². The van der Waals surface area contributed by atoms with Gasteiger partial charge in [-0.15, -0.1) is 0 Å². The highest BCUT2D eigenvalue weighted by atomic mass is 35.5. The zero-order chi connectivity index (χ0) is 14.1. The molecule has 0 bridgehead atoms. The van der Waals surface area contributed by atoms with Crippen molar-refractivity contribution in [2.75, 3.05) is 0 Å². The molecule has 1 amide bonds. The van der Waals surface area contributed by atoms with E-state index in [9.17, 15) is 4.79 Å². The first kappa shape index (κ1) is 16.7. The van der Waals surface area contributed by atoms with Crippen LogP contribution < -0.4 is 5.73 Å². The van der Waals surface area contributed by atoms with Gasteiger partial charge >= 0.3 is 0 Å². The molecule has 0 aliphatic carbocycles. The molecule has 0 atom stereocenters. The predicted molar refractivity (Wildman–Crippen MR) is 79.3 cm³/mol. The normalized spacial score (nSPS) is 14.9. The molecule has 0 fully saturated rings. The van der Waals surface area contributed by atoms with Gasteiger partial charge in [-0.05, 0) is 26.7 Å². The maximum atomic E-state index is 11.5. The molecule has 2 nitrogen and oxygen atoms in total. The molecule has 0 radical (unpaired) electrons. The van der Waals surface area contributed by atoms with Gasteiger partial charge in [-0.3, -0.25) is 4.79 Å². The maximum absolute atomic E-state index is 11.5. The molecule has 0 spiro atoms. The molecule has 0 unspecified atom stereocenters. The molecule has 0 rings (SSSR count). The summed E-state index contributed by atoms with van der Waals surface area (Å²) in [6, 6.07) is 0. The lowest BCUT2D eigenvalue weighted by Crippen LogP contribution is -2.16. The van der Waals surface area contributed by atoms with Crippen LogP contribution >= 0.6 is 11.6 Å². The van der Waals surface area contributed by atoms with E-state index in [1.807, 2.05) is 52.0 Å². The summed E-state index contributed by atoms with van der Waals surface area (Å²) in [5.41, 5.74) is 7.64. The molecular formula is C15H22ClNO. The van der Waals surface area contributed by atoms with Crippen molar-refractivity contribution >= 4 is 17.5 Å². The fraction of sp³-hybridized carbons (Fsp3) is 0.400. The molecule has 0 aromatic carbocycles. The summed E-state index contributed by atoms with van der Waals surface area (Å²) in [6.07, 6.45) is 8.95. The van der Waals surface area contributed by atoms with Gasteiger partial charge in [-0.1, -0.05) is 55.3 Å². The number of halogens is 1. The van der Waals surface area contributed by atoms with Gasteiger partial charge < -0.3 is 5.73 Å². The lowest BCUT2D eigenvalue weighted by Gasteiger charge is -2.11. The standard InChI is InChI=1S/C15H22ClNO/c1-5-8-10-12(14(16)11(4)7-3)13(9-6-2)15(17)18/h5,8-10H,6-7H2,1-4H3,(H2,17,18)/b8-5-,12-10-,13-9+,14-11-. The number of rotatable bonds is 6. The van der Waals surface area contributed by atoms with Gasteiger partial charge in [0.25, 0.3) is 0 Å². The highest BCUT2D eigenvalue weighted by Crippen LogP contribution is 2.27. The first-order valence-electron chi connectivity index (χ1n) is 6.18. The van der Waals surface area contributed by atoms with Gasteiger partial charge in [0.05, 0.1) is 0 Å². The Balaban J connectivity index is 5.79. The smallest absolute Gasteiger partial charge is 0.249 e. The summed E-state index contributed by atoms with van der Waals surface area (Å²) < 4.78 is 0. The Morgan fingerprint density at radius 1 is 1.28 bits per heavy atom. The Morgan fingerprint density at radius 2 is 1.89 bits per heavy atom. The third-order valence-corrected chi connectivity index (χ3v) is 3.09. The van der Waals surface area contributed by atoms with E-state index in [0.29, 0.717) is 16.2 Å². The Kier molecular flexibility index (Phi) is 8.14. The lowest BCUT2D eigenvalue weighted by molar-refractivity contribution is -0.114. The number of hydrogen-bond acceptors (Lipinski definition) is 1. The molecule has 0 aliphatic rings. The molecule has 0 aromatic rings. The van der Waals surface area contributed by atoms with Crippen molar-refractivity contribution in [1.29, 1.82) is 0 Å². The van der Waals surface area contributed by atoms with E-state index in [1.54, 1.807) is 0 Å². The van der Waals surface area contributed by atoms with Crippen LogP contribution in [-0.4, -0.2) is 5.91 Å². The van der Waals surface area contributed by atoms with Crippen LogP contribution in [0.2, 0.25) is 0 Å². The number of amides is 1. The van der Waals surface area contributed by atoms with Crippen molar-refractivity contribution in [2.45, 2.75) is 40.5 Å². The topological polar surface area (TPSA) is 43.1 Å². The monoisotopic (exact) mass is 267 g/mol. The van der Waals surface area contributed by atoms with Crippen LogP contribution in [0.15, 0.2) is 46.1 Å². The van der Waals surface area contributed by atoms with Crippen molar-refractivity contribution in [2.24, 2.45) is 5.73 Å². The molecular weight excluding hydrogens is 246 g/mol. The summed E-state index contributed by atoms with van der Waals surface area (Å²) in [6.45, 7) is 7.85. The second-order valence-corrected chi connectivity index (χ2v) is 4.32. The largest absolute Gasteiger partial charge is 0.366 e. The van der Waals surface area contributed by atoms with Crippen molar-refractivity contribution in [3.8, 4) is 0 Å². The quantitative estimate of drug-likeness (QED) is 0.568. The predicted octanol–water partition coefficient (Wildman–Crippen LogP) is 4.23. The minimum absolute atomic E-state index is 0.449. The molecule has 2 N–H and O–H groups in total. The molecule has 0 aromatic heterocycles. The van der Waals surface area contributed by atoms with Crippen molar-refractivity contribution < 1.29 is 4.79 Å². The molecule has 18 heavy (non-hydrogen) atoms. The van der Waals surface area contributed by atoms with E-state index < -0.39 is 5.91 Å². The molecule has 0 saturated carbocycles. The molecule has 0 heterocycles. The van der Waals surface area contributed by atoms with Gasteiger partial charge in [0, 0.05) is 16.2 Å². The first-order valence-corrected chi connectivity index (χ1v) is 6.56. The van der Waals surface area contributed by atoms with E-state index in [-0.39, 0.29) is 0 Å². The van der Waals surface area contributed by atoms with Crippen LogP contribution in [0.1, 0.15) is 40.5 Å². The van der Waals surface area contributed by atoms with Crippen molar-refractivity contribution in [3.05, 3.63) is 46.1 Å². The van der Waals surface area contributed by atoms with Crippen LogP contribution in [0.25, 0.3) is 0 Å². The first-order chi connectivity index (χ1) is 8.49. The minimum atomic E-state index is -0.449. The van der Waals surface area contributed by atoms with Crippen LogP contribution in [0.5, 0.6) is 0 Å². The fourth-order valence-electron chi connectivity index (χ4n) is 1.41. The minimum Gasteiger partial charge on any atom is -0.366 e. The highest BCUT2D eigenvalue weighted by Gasteiger charge is 2.14. The molecule has 0 aliphatic heterocycles.